The van der Waals surface area contributed by atoms with Crippen LogP contribution in [0.4, 0.5) is 5.69 Å². The SMILES string of the molecule is C/C(NCN)=C(/OC1Cc2ccccc2C1)C(=O)Nc1ccccc1. The van der Waals surface area contributed by atoms with Crippen LogP contribution in [0.15, 0.2) is 66.1 Å². The molecule has 1 amide bonds. The van der Waals surface area contributed by atoms with Crippen molar-refractivity contribution in [2.24, 2.45) is 5.73 Å². The Morgan fingerprint density at radius 1 is 1.08 bits per heavy atom. The molecular weight excluding hydrogens is 314 g/mol. The summed E-state index contributed by atoms with van der Waals surface area (Å²) >= 11 is 0. The average Bonchev–Trinajstić information content (AvgIpc) is 3.03. The molecule has 1 aliphatic rings. The van der Waals surface area contributed by atoms with Gasteiger partial charge in [-0.05, 0) is 30.2 Å². The van der Waals surface area contributed by atoms with Gasteiger partial charge < -0.3 is 21.1 Å². The summed E-state index contributed by atoms with van der Waals surface area (Å²) in [6.07, 6.45) is 1.55. The first-order valence-corrected chi connectivity index (χ1v) is 8.42. The van der Waals surface area contributed by atoms with Crippen molar-refractivity contribution in [3.05, 3.63) is 77.2 Å². The van der Waals surface area contributed by atoms with E-state index >= 15 is 0 Å². The first-order chi connectivity index (χ1) is 12.2. The molecule has 1 aliphatic carbocycles. The number of nitrogens with two attached hydrogens (primary N) is 1. The molecule has 0 saturated carbocycles. The summed E-state index contributed by atoms with van der Waals surface area (Å²) in [7, 11) is 0. The lowest BCUT2D eigenvalue weighted by molar-refractivity contribution is -0.117. The van der Waals surface area contributed by atoms with E-state index in [1.165, 1.54) is 11.1 Å². The Bertz CT molecular complexity index is 747. The Hall–Kier alpha value is -2.79. The number of fused-ring (bicyclic) bond motifs is 1. The van der Waals surface area contributed by atoms with Crippen molar-refractivity contribution in [2.75, 3.05) is 12.0 Å². The Morgan fingerprint density at radius 2 is 1.68 bits per heavy atom. The molecule has 0 aliphatic heterocycles. The van der Waals surface area contributed by atoms with Crippen molar-refractivity contribution < 1.29 is 9.53 Å². The van der Waals surface area contributed by atoms with Gasteiger partial charge in [-0.2, -0.15) is 0 Å². The number of rotatable bonds is 6. The van der Waals surface area contributed by atoms with E-state index in [0.29, 0.717) is 5.70 Å². The lowest BCUT2D eigenvalue weighted by atomic mass is 10.1. The van der Waals surface area contributed by atoms with Crippen LogP contribution in [0.5, 0.6) is 0 Å². The van der Waals surface area contributed by atoms with Gasteiger partial charge in [0.15, 0.2) is 0 Å². The number of anilines is 1. The number of benzene rings is 2. The number of hydrogen-bond donors (Lipinski definition) is 3. The molecule has 130 valence electrons. The molecule has 0 spiro atoms. The van der Waals surface area contributed by atoms with Crippen LogP contribution in [-0.4, -0.2) is 18.7 Å². The molecule has 5 heteroatoms. The topological polar surface area (TPSA) is 76.4 Å². The number of carbonyl (C=O) groups excluding carboxylic acids is 1. The number of para-hydroxylation sites is 1. The molecule has 2 aromatic rings. The van der Waals surface area contributed by atoms with Gasteiger partial charge >= 0.3 is 0 Å². The molecular formula is C20H23N3O2. The van der Waals surface area contributed by atoms with Crippen molar-refractivity contribution >= 4 is 11.6 Å². The van der Waals surface area contributed by atoms with E-state index in [2.05, 4.69) is 22.8 Å². The quantitative estimate of drug-likeness (QED) is 0.430. The predicted molar refractivity (Wildman–Crippen MR) is 98.7 cm³/mol. The Morgan fingerprint density at radius 3 is 2.28 bits per heavy atom. The van der Waals surface area contributed by atoms with Crippen molar-refractivity contribution in [3.63, 3.8) is 0 Å². The molecule has 0 heterocycles. The van der Waals surface area contributed by atoms with E-state index in [4.69, 9.17) is 10.5 Å². The molecule has 0 fully saturated rings. The largest absolute Gasteiger partial charge is 0.483 e. The number of ether oxygens (including phenoxy) is 1. The number of nitrogens with one attached hydrogen (secondary N) is 2. The summed E-state index contributed by atoms with van der Waals surface area (Å²) in [6.45, 7) is 2.04. The van der Waals surface area contributed by atoms with Crippen molar-refractivity contribution in [1.82, 2.24) is 5.32 Å². The molecule has 3 rings (SSSR count). The number of allylic oxidation sites excluding steroid dienone is 1. The van der Waals surface area contributed by atoms with Gasteiger partial charge in [-0.1, -0.05) is 42.5 Å². The van der Waals surface area contributed by atoms with Gasteiger partial charge in [-0.15, -0.1) is 0 Å². The lowest BCUT2D eigenvalue weighted by Crippen LogP contribution is -2.28. The second-order valence-corrected chi connectivity index (χ2v) is 6.07. The van der Waals surface area contributed by atoms with Crippen LogP contribution in [0.3, 0.4) is 0 Å². The van der Waals surface area contributed by atoms with Crippen LogP contribution in [0, 0.1) is 0 Å². The van der Waals surface area contributed by atoms with Crippen LogP contribution in [0.1, 0.15) is 18.1 Å². The summed E-state index contributed by atoms with van der Waals surface area (Å²) < 4.78 is 6.09. The summed E-state index contributed by atoms with van der Waals surface area (Å²) in [6, 6.07) is 17.6. The van der Waals surface area contributed by atoms with Gasteiger partial charge in [0.1, 0.15) is 6.10 Å². The molecule has 0 radical (unpaired) electrons. The molecule has 0 saturated heterocycles. The zero-order valence-electron chi connectivity index (χ0n) is 14.3. The average molecular weight is 337 g/mol. The highest BCUT2D eigenvalue weighted by Crippen LogP contribution is 2.26. The van der Waals surface area contributed by atoms with Crippen LogP contribution in [0.25, 0.3) is 0 Å². The first-order valence-electron chi connectivity index (χ1n) is 8.42. The van der Waals surface area contributed by atoms with Gasteiger partial charge in [0.2, 0.25) is 5.76 Å². The van der Waals surface area contributed by atoms with Crippen LogP contribution in [-0.2, 0) is 22.4 Å². The standard InChI is InChI=1S/C20H23N3O2/c1-14(22-13-21)19(20(24)23-17-9-3-2-4-10-17)25-18-11-15-7-5-6-8-16(15)12-18/h2-10,18,22H,11-13,21H2,1H3,(H,23,24)/b19-14-. The second-order valence-electron chi connectivity index (χ2n) is 6.07. The van der Waals surface area contributed by atoms with Gasteiger partial charge in [0.25, 0.3) is 5.91 Å². The smallest absolute Gasteiger partial charge is 0.292 e. The van der Waals surface area contributed by atoms with E-state index in [1.807, 2.05) is 42.5 Å². The summed E-state index contributed by atoms with van der Waals surface area (Å²) in [5, 5.41) is 5.85. The van der Waals surface area contributed by atoms with Gasteiger partial charge in [0.05, 0.1) is 12.4 Å². The fraction of sp³-hybridized carbons (Fsp3) is 0.250. The van der Waals surface area contributed by atoms with Crippen LogP contribution < -0.4 is 16.4 Å². The fourth-order valence-corrected chi connectivity index (χ4v) is 3.02. The number of hydrogen-bond acceptors (Lipinski definition) is 4. The van der Waals surface area contributed by atoms with E-state index in [1.54, 1.807) is 6.92 Å². The highest BCUT2D eigenvalue weighted by Gasteiger charge is 2.26. The third-order valence-electron chi connectivity index (χ3n) is 4.24. The van der Waals surface area contributed by atoms with E-state index in [-0.39, 0.29) is 24.4 Å². The Kier molecular flexibility index (Phi) is 5.36. The lowest BCUT2D eigenvalue weighted by Gasteiger charge is -2.19. The molecule has 25 heavy (non-hydrogen) atoms. The summed E-state index contributed by atoms with van der Waals surface area (Å²) in [5.41, 5.74) is 9.48. The Labute approximate surface area is 147 Å². The van der Waals surface area contributed by atoms with Crippen LogP contribution in [0.2, 0.25) is 0 Å². The number of amides is 1. The third kappa shape index (κ3) is 4.19. The molecule has 0 atom stereocenters. The van der Waals surface area contributed by atoms with E-state index in [0.717, 1.165) is 18.5 Å². The molecule has 4 N–H and O–H groups in total. The van der Waals surface area contributed by atoms with Gasteiger partial charge in [-0.25, -0.2) is 0 Å². The highest BCUT2D eigenvalue weighted by molar-refractivity contribution is 6.02. The molecule has 0 unspecified atom stereocenters. The number of carbonyl (C=O) groups is 1. The van der Waals surface area contributed by atoms with E-state index < -0.39 is 0 Å². The Balaban J connectivity index is 1.75. The minimum atomic E-state index is -0.277. The zero-order chi connectivity index (χ0) is 17.6. The fourth-order valence-electron chi connectivity index (χ4n) is 3.02. The van der Waals surface area contributed by atoms with Crippen molar-refractivity contribution in [3.8, 4) is 0 Å². The van der Waals surface area contributed by atoms with Crippen LogP contribution >= 0.6 is 0 Å². The maximum atomic E-state index is 12.7. The van der Waals surface area contributed by atoms with Gasteiger partial charge in [-0.3, -0.25) is 4.79 Å². The van der Waals surface area contributed by atoms with Gasteiger partial charge in [0, 0.05) is 18.5 Å². The van der Waals surface area contributed by atoms with Crippen molar-refractivity contribution in [2.45, 2.75) is 25.9 Å². The summed E-state index contributed by atoms with van der Waals surface area (Å²) in [4.78, 5) is 12.7. The minimum absolute atomic E-state index is 0.0524. The molecule has 0 bridgehead atoms. The zero-order valence-corrected chi connectivity index (χ0v) is 14.3. The third-order valence-corrected chi connectivity index (χ3v) is 4.24. The maximum absolute atomic E-state index is 12.7. The predicted octanol–water partition coefficient (Wildman–Crippen LogP) is 2.55. The second kappa shape index (κ2) is 7.85. The molecule has 5 nitrogen and oxygen atoms in total. The normalized spacial score (nSPS) is 14.5. The highest BCUT2D eigenvalue weighted by atomic mass is 16.5. The monoisotopic (exact) mass is 337 g/mol. The molecule has 2 aromatic carbocycles. The van der Waals surface area contributed by atoms with Crippen molar-refractivity contribution in [1.29, 1.82) is 0 Å². The maximum Gasteiger partial charge on any atom is 0.292 e. The van der Waals surface area contributed by atoms with E-state index in [9.17, 15) is 4.79 Å². The first kappa shape index (κ1) is 17.0. The summed E-state index contributed by atoms with van der Waals surface area (Å²) in [5.74, 6) is 0.00714. The molecule has 0 aromatic heterocycles. The minimum Gasteiger partial charge on any atom is -0.483 e.